The van der Waals surface area contributed by atoms with Gasteiger partial charge in [0.25, 0.3) is 5.91 Å². The Labute approximate surface area is 149 Å². The van der Waals surface area contributed by atoms with E-state index in [1.54, 1.807) is 11.3 Å². The van der Waals surface area contributed by atoms with Crippen molar-refractivity contribution in [3.05, 3.63) is 82.7 Å². The van der Waals surface area contributed by atoms with Crippen molar-refractivity contribution in [2.75, 3.05) is 5.32 Å². The molecule has 0 aliphatic heterocycles. The van der Waals surface area contributed by atoms with Crippen molar-refractivity contribution in [3.63, 3.8) is 0 Å². The molecule has 120 valence electrons. The molecule has 1 aliphatic rings. The van der Waals surface area contributed by atoms with Crippen LogP contribution in [0, 0.1) is 0 Å². The number of fused-ring (bicyclic) bond motifs is 4. The Balaban J connectivity index is 1.48. The fourth-order valence-corrected chi connectivity index (χ4v) is 4.40. The number of nitrogens with one attached hydrogen (secondary N) is 1. The molecule has 1 N–H and O–H groups in total. The lowest BCUT2D eigenvalue weighted by Crippen LogP contribution is -2.12. The molecule has 4 heteroatoms. The van der Waals surface area contributed by atoms with Crippen LogP contribution in [0.2, 0.25) is 0 Å². The summed E-state index contributed by atoms with van der Waals surface area (Å²) in [6.07, 6.45) is 0.896. The van der Waals surface area contributed by atoms with Crippen molar-refractivity contribution in [1.82, 2.24) is 4.98 Å². The van der Waals surface area contributed by atoms with E-state index in [9.17, 15) is 4.79 Å². The van der Waals surface area contributed by atoms with Gasteiger partial charge in [0, 0.05) is 22.4 Å². The largest absolute Gasteiger partial charge is 0.298 e. The summed E-state index contributed by atoms with van der Waals surface area (Å²) in [5.41, 5.74) is 4.17. The molecule has 1 aliphatic carbocycles. The van der Waals surface area contributed by atoms with Crippen LogP contribution in [-0.4, -0.2) is 10.9 Å². The Morgan fingerprint density at radius 1 is 0.960 bits per heavy atom. The van der Waals surface area contributed by atoms with E-state index in [-0.39, 0.29) is 5.91 Å². The Kier molecular flexibility index (Phi) is 3.18. The number of amides is 1. The molecule has 1 aromatic heterocycles. The van der Waals surface area contributed by atoms with Gasteiger partial charge in [-0.05, 0) is 22.4 Å². The highest BCUT2D eigenvalue weighted by molar-refractivity contribution is 7.16. The Morgan fingerprint density at radius 3 is 2.72 bits per heavy atom. The molecule has 3 aromatic carbocycles. The third-order valence-corrected chi connectivity index (χ3v) is 5.55. The number of hydrogen-bond donors (Lipinski definition) is 1. The minimum Gasteiger partial charge on any atom is -0.298 e. The lowest BCUT2D eigenvalue weighted by Gasteiger charge is -2.06. The summed E-state index contributed by atoms with van der Waals surface area (Å²) >= 11 is 1.56. The highest BCUT2D eigenvalue weighted by Crippen LogP contribution is 2.40. The van der Waals surface area contributed by atoms with E-state index in [0.717, 1.165) is 22.9 Å². The Hall–Kier alpha value is -2.98. The van der Waals surface area contributed by atoms with Gasteiger partial charge in [0.1, 0.15) is 0 Å². The van der Waals surface area contributed by atoms with Crippen LogP contribution in [0.25, 0.3) is 22.0 Å². The van der Waals surface area contributed by atoms with Crippen LogP contribution < -0.4 is 5.32 Å². The zero-order valence-corrected chi connectivity index (χ0v) is 14.1. The second kappa shape index (κ2) is 5.53. The average molecular weight is 342 g/mol. The molecule has 1 heterocycles. The van der Waals surface area contributed by atoms with Gasteiger partial charge in [-0.2, -0.15) is 0 Å². The Bertz CT molecular complexity index is 1120. The molecule has 25 heavy (non-hydrogen) atoms. The van der Waals surface area contributed by atoms with Crippen molar-refractivity contribution >= 4 is 33.1 Å². The zero-order chi connectivity index (χ0) is 16.8. The van der Waals surface area contributed by atoms with E-state index < -0.39 is 0 Å². The molecular weight excluding hydrogens is 328 g/mol. The van der Waals surface area contributed by atoms with E-state index in [1.165, 1.54) is 16.0 Å². The normalized spacial score (nSPS) is 12.0. The summed E-state index contributed by atoms with van der Waals surface area (Å²) in [6, 6.07) is 22.0. The number of anilines is 1. The van der Waals surface area contributed by atoms with Crippen molar-refractivity contribution in [3.8, 4) is 11.3 Å². The number of nitrogens with zero attached hydrogens (tertiary/aromatic N) is 1. The fraction of sp³-hybridized carbons (Fsp3) is 0.0476. The van der Waals surface area contributed by atoms with Gasteiger partial charge in [-0.1, -0.05) is 60.7 Å². The van der Waals surface area contributed by atoms with Gasteiger partial charge in [0.2, 0.25) is 0 Å². The zero-order valence-electron chi connectivity index (χ0n) is 13.3. The first kappa shape index (κ1) is 14.4. The van der Waals surface area contributed by atoms with Gasteiger partial charge in [-0.25, -0.2) is 4.98 Å². The Morgan fingerprint density at radius 2 is 1.76 bits per heavy atom. The van der Waals surface area contributed by atoms with Crippen LogP contribution >= 0.6 is 11.3 Å². The summed E-state index contributed by atoms with van der Waals surface area (Å²) in [4.78, 5) is 18.6. The number of carbonyl (C=O) groups is 1. The van der Waals surface area contributed by atoms with Crippen LogP contribution in [0.4, 0.5) is 5.13 Å². The van der Waals surface area contributed by atoms with Crippen molar-refractivity contribution in [1.29, 1.82) is 0 Å². The monoisotopic (exact) mass is 342 g/mol. The smallest absolute Gasteiger partial charge is 0.258 e. The molecule has 0 fully saturated rings. The fourth-order valence-electron chi connectivity index (χ4n) is 3.40. The molecule has 0 atom stereocenters. The number of carbonyl (C=O) groups excluding carboxylic acids is 1. The lowest BCUT2D eigenvalue weighted by atomic mass is 10.0. The SMILES string of the molecule is O=C(Nc1nc2c(s1)Cc1ccccc1-2)c1cccc2ccccc12. The van der Waals surface area contributed by atoms with Crippen LogP contribution in [0.3, 0.4) is 0 Å². The minimum absolute atomic E-state index is 0.113. The third-order valence-electron chi connectivity index (χ3n) is 4.58. The molecule has 4 aromatic rings. The standard InChI is InChI=1S/C21H14N2OS/c24-20(17-11-5-8-13-6-1-3-9-15(13)17)23-21-22-19-16-10-4-2-7-14(16)12-18(19)25-21/h1-11H,12H2,(H,22,23,24). The van der Waals surface area contributed by atoms with Crippen LogP contribution in [-0.2, 0) is 6.42 Å². The summed E-state index contributed by atoms with van der Waals surface area (Å²) in [7, 11) is 0. The third kappa shape index (κ3) is 2.34. The van der Waals surface area contributed by atoms with Crippen LogP contribution in [0.1, 0.15) is 20.8 Å². The number of hydrogen-bond acceptors (Lipinski definition) is 3. The molecule has 5 rings (SSSR count). The van der Waals surface area contributed by atoms with Gasteiger partial charge in [-0.3, -0.25) is 10.1 Å². The maximum Gasteiger partial charge on any atom is 0.258 e. The second-order valence-corrected chi connectivity index (χ2v) is 7.19. The van der Waals surface area contributed by atoms with Crippen molar-refractivity contribution in [2.24, 2.45) is 0 Å². The molecule has 0 unspecified atom stereocenters. The summed E-state index contributed by atoms with van der Waals surface area (Å²) < 4.78 is 0. The van der Waals surface area contributed by atoms with Gasteiger partial charge < -0.3 is 0 Å². The number of thiazole rings is 1. The van der Waals surface area contributed by atoms with E-state index in [1.807, 2.05) is 48.5 Å². The molecular formula is C21H14N2OS. The van der Waals surface area contributed by atoms with Crippen LogP contribution in [0.15, 0.2) is 66.7 Å². The predicted octanol–water partition coefficient (Wildman–Crippen LogP) is 5.12. The maximum atomic E-state index is 12.8. The van der Waals surface area contributed by atoms with Gasteiger partial charge in [0.05, 0.1) is 5.69 Å². The molecule has 0 bridgehead atoms. The molecule has 1 amide bonds. The highest BCUT2D eigenvalue weighted by atomic mass is 32.1. The summed E-state index contributed by atoms with van der Waals surface area (Å²) in [6.45, 7) is 0. The summed E-state index contributed by atoms with van der Waals surface area (Å²) in [5, 5.41) is 5.66. The lowest BCUT2D eigenvalue weighted by molar-refractivity contribution is 0.102. The number of rotatable bonds is 2. The first-order valence-corrected chi connectivity index (χ1v) is 8.98. The minimum atomic E-state index is -0.113. The average Bonchev–Trinajstić information content (AvgIpc) is 3.18. The van der Waals surface area contributed by atoms with Crippen molar-refractivity contribution in [2.45, 2.75) is 6.42 Å². The number of benzene rings is 3. The topological polar surface area (TPSA) is 42.0 Å². The molecule has 0 saturated heterocycles. The van der Waals surface area contributed by atoms with E-state index in [0.29, 0.717) is 10.7 Å². The first-order chi connectivity index (χ1) is 12.3. The molecule has 0 saturated carbocycles. The van der Waals surface area contributed by atoms with Gasteiger partial charge >= 0.3 is 0 Å². The van der Waals surface area contributed by atoms with Gasteiger partial charge in [0.15, 0.2) is 5.13 Å². The highest BCUT2D eigenvalue weighted by Gasteiger charge is 2.23. The van der Waals surface area contributed by atoms with E-state index in [2.05, 4.69) is 28.5 Å². The van der Waals surface area contributed by atoms with E-state index in [4.69, 9.17) is 0 Å². The molecule has 0 spiro atoms. The molecule has 0 radical (unpaired) electrons. The van der Waals surface area contributed by atoms with Crippen LogP contribution in [0.5, 0.6) is 0 Å². The molecule has 3 nitrogen and oxygen atoms in total. The maximum absolute atomic E-state index is 12.8. The quantitative estimate of drug-likeness (QED) is 0.484. The number of aromatic nitrogens is 1. The van der Waals surface area contributed by atoms with Gasteiger partial charge in [-0.15, -0.1) is 11.3 Å². The van der Waals surface area contributed by atoms with Crippen molar-refractivity contribution < 1.29 is 4.79 Å². The summed E-state index contributed by atoms with van der Waals surface area (Å²) in [5.74, 6) is -0.113. The predicted molar refractivity (Wildman–Crippen MR) is 102 cm³/mol. The second-order valence-electron chi connectivity index (χ2n) is 6.11. The first-order valence-electron chi connectivity index (χ1n) is 8.17. The van der Waals surface area contributed by atoms with E-state index >= 15 is 0 Å².